The first-order chi connectivity index (χ1) is 15.0. The van der Waals surface area contributed by atoms with Gasteiger partial charge in [-0.25, -0.2) is 4.39 Å². The summed E-state index contributed by atoms with van der Waals surface area (Å²) in [5.41, 5.74) is 1.66. The molecular weight excluding hydrogens is 409 g/mol. The summed E-state index contributed by atoms with van der Waals surface area (Å²) in [5, 5.41) is 8.82. The molecular formula is C25H28FN3O3. The van der Waals surface area contributed by atoms with E-state index >= 15 is 0 Å². The Balaban J connectivity index is 1.71. The maximum Gasteiger partial charge on any atom is 0.254 e. The summed E-state index contributed by atoms with van der Waals surface area (Å²) in [7, 11) is 0. The van der Waals surface area contributed by atoms with Crippen molar-refractivity contribution >= 4 is 23.0 Å². The van der Waals surface area contributed by atoms with E-state index in [-0.39, 0.29) is 40.1 Å². The number of rotatable bonds is 7. The second-order valence-electron chi connectivity index (χ2n) is 9.47. The maximum atomic E-state index is 14.7. The van der Waals surface area contributed by atoms with Crippen molar-refractivity contribution in [2.45, 2.75) is 59.5 Å². The molecule has 0 unspecified atom stereocenters. The van der Waals surface area contributed by atoms with Crippen LogP contribution in [0, 0.1) is 11.2 Å². The molecule has 32 heavy (non-hydrogen) atoms. The Morgan fingerprint density at radius 2 is 1.81 bits per heavy atom. The Kier molecular flexibility index (Phi) is 5.31. The molecule has 0 saturated heterocycles. The van der Waals surface area contributed by atoms with Crippen molar-refractivity contribution in [1.82, 2.24) is 5.32 Å². The molecule has 2 atom stereocenters. The topological polar surface area (TPSA) is 87.3 Å². The number of nitrogens with one attached hydrogen (secondary N) is 3. The third kappa shape index (κ3) is 3.45. The molecule has 0 fully saturated rings. The van der Waals surface area contributed by atoms with Gasteiger partial charge in [-0.05, 0) is 49.3 Å². The molecule has 6 nitrogen and oxygen atoms in total. The van der Waals surface area contributed by atoms with Crippen LogP contribution < -0.4 is 26.8 Å². The smallest absolute Gasteiger partial charge is 0.254 e. The van der Waals surface area contributed by atoms with E-state index in [1.54, 1.807) is 13.0 Å². The van der Waals surface area contributed by atoms with Crippen LogP contribution in [0.25, 0.3) is 0 Å². The molecule has 3 N–H and O–H groups in total. The van der Waals surface area contributed by atoms with E-state index < -0.39 is 22.6 Å². The van der Waals surface area contributed by atoms with Gasteiger partial charge in [-0.1, -0.05) is 44.6 Å². The molecule has 2 aromatic rings. The van der Waals surface area contributed by atoms with Crippen LogP contribution in [0.3, 0.4) is 0 Å². The minimum absolute atomic E-state index is 0.00478. The van der Waals surface area contributed by atoms with Gasteiger partial charge in [-0.2, -0.15) is 0 Å². The van der Waals surface area contributed by atoms with Gasteiger partial charge in [-0.15, -0.1) is 0 Å². The molecule has 0 radical (unpaired) electrons. The lowest BCUT2D eigenvalue weighted by Crippen LogP contribution is -2.44. The molecule has 4 rings (SSSR count). The second-order valence-corrected chi connectivity index (χ2v) is 9.47. The summed E-state index contributed by atoms with van der Waals surface area (Å²) in [4.78, 5) is 37.4. The summed E-state index contributed by atoms with van der Waals surface area (Å²) in [6, 6.07) is 2.38. The van der Waals surface area contributed by atoms with Gasteiger partial charge in [0.15, 0.2) is 0 Å². The van der Waals surface area contributed by atoms with Crippen LogP contribution in [0.5, 0.6) is 0 Å². The van der Waals surface area contributed by atoms with Crippen LogP contribution in [-0.2, 0) is 0 Å². The largest absolute Gasteiger partial charge is 0.373 e. The zero-order chi connectivity index (χ0) is 23.4. The predicted molar refractivity (Wildman–Crippen MR) is 125 cm³/mol. The Morgan fingerprint density at radius 1 is 1.12 bits per heavy atom. The van der Waals surface area contributed by atoms with E-state index in [2.05, 4.69) is 55.8 Å². The van der Waals surface area contributed by atoms with Gasteiger partial charge in [0.25, 0.3) is 16.8 Å². The number of amides is 1. The predicted octanol–water partition coefficient (Wildman–Crippen LogP) is 4.46. The second kappa shape index (κ2) is 7.73. The lowest BCUT2D eigenvalue weighted by atomic mass is 9.77. The number of halogens is 1. The minimum Gasteiger partial charge on any atom is -0.373 e. The van der Waals surface area contributed by atoms with Crippen molar-refractivity contribution in [2.24, 2.45) is 5.41 Å². The Hall–Kier alpha value is -3.22. The van der Waals surface area contributed by atoms with Crippen LogP contribution in [0.1, 0.15) is 69.4 Å². The Morgan fingerprint density at radius 3 is 2.44 bits per heavy atom. The van der Waals surface area contributed by atoms with Gasteiger partial charge in [0.1, 0.15) is 17.2 Å². The standard InChI is InChI=1S/C25H28FN3O3/c1-6-25(4,5)23(14-8-7-12(2)11-14)29-20-19(21(30)22(20)31)28-18-16(26)10-9-15-13(3)27-24(32)17(15)18/h7-10,13,23,28-29H,6,11H2,1-5H3,(H,27,32)/t13-,23-/m0/s1. The molecule has 1 amide bonds. The van der Waals surface area contributed by atoms with Gasteiger partial charge >= 0.3 is 0 Å². The number of allylic oxidation sites excluding steroid dienone is 3. The van der Waals surface area contributed by atoms with Crippen LogP contribution in [-0.4, -0.2) is 11.9 Å². The van der Waals surface area contributed by atoms with E-state index in [9.17, 15) is 18.8 Å². The van der Waals surface area contributed by atoms with E-state index in [1.807, 2.05) is 0 Å². The highest BCUT2D eigenvalue weighted by Crippen LogP contribution is 2.39. The van der Waals surface area contributed by atoms with Crippen molar-refractivity contribution in [3.63, 3.8) is 0 Å². The molecule has 1 aliphatic carbocycles. The summed E-state index contributed by atoms with van der Waals surface area (Å²) in [5.74, 6) is -1.07. The van der Waals surface area contributed by atoms with Gasteiger partial charge in [-0.3, -0.25) is 14.4 Å². The van der Waals surface area contributed by atoms with Crippen LogP contribution in [0.2, 0.25) is 0 Å². The first kappa shape index (κ1) is 22.0. The van der Waals surface area contributed by atoms with Gasteiger partial charge < -0.3 is 16.0 Å². The zero-order valence-electron chi connectivity index (χ0n) is 19.0. The summed E-state index contributed by atoms with van der Waals surface area (Å²) in [6.07, 6.45) is 5.74. The summed E-state index contributed by atoms with van der Waals surface area (Å²) >= 11 is 0. The molecule has 0 aromatic heterocycles. The molecule has 1 aliphatic heterocycles. The first-order valence-corrected chi connectivity index (χ1v) is 10.9. The first-order valence-electron chi connectivity index (χ1n) is 10.9. The highest BCUT2D eigenvalue weighted by Gasteiger charge is 2.36. The Labute approximate surface area is 186 Å². The van der Waals surface area contributed by atoms with Crippen LogP contribution >= 0.6 is 0 Å². The number of fused-ring (bicyclic) bond motifs is 1. The van der Waals surface area contributed by atoms with Crippen LogP contribution in [0.4, 0.5) is 21.5 Å². The molecule has 2 aliphatic rings. The average Bonchev–Trinajstić information content (AvgIpc) is 3.30. The Bertz CT molecular complexity index is 1250. The summed E-state index contributed by atoms with van der Waals surface area (Å²) in [6.45, 7) is 10.1. The minimum atomic E-state index is -0.723. The number of hydrogen-bond acceptors (Lipinski definition) is 5. The number of carbonyl (C=O) groups excluding carboxylic acids is 1. The third-order valence-electron chi connectivity index (χ3n) is 6.81. The van der Waals surface area contributed by atoms with Crippen molar-refractivity contribution in [3.8, 4) is 0 Å². The highest BCUT2D eigenvalue weighted by molar-refractivity contribution is 6.05. The van der Waals surface area contributed by atoms with Gasteiger partial charge in [0.05, 0.1) is 23.3 Å². The van der Waals surface area contributed by atoms with Gasteiger partial charge in [0, 0.05) is 0 Å². The quantitative estimate of drug-likeness (QED) is 0.557. The SMILES string of the molecule is CCC(C)(C)[C@@H](Nc1c(Nc2c(F)ccc3c2C(=O)N[C@H]3C)c(=O)c1=O)C1=CC=C(C)C1. The number of hydrogen-bond donors (Lipinski definition) is 3. The maximum absolute atomic E-state index is 14.7. The van der Waals surface area contributed by atoms with Gasteiger partial charge in [0.2, 0.25) is 0 Å². The fourth-order valence-electron chi connectivity index (χ4n) is 4.47. The normalized spacial score (nSPS) is 18.8. The van der Waals surface area contributed by atoms with E-state index in [0.717, 1.165) is 18.4 Å². The molecule has 0 spiro atoms. The molecule has 0 bridgehead atoms. The van der Waals surface area contributed by atoms with Crippen molar-refractivity contribution in [1.29, 1.82) is 0 Å². The fourth-order valence-corrected chi connectivity index (χ4v) is 4.47. The molecule has 7 heteroatoms. The molecule has 168 valence electrons. The zero-order valence-corrected chi connectivity index (χ0v) is 19.0. The van der Waals surface area contributed by atoms with Crippen molar-refractivity contribution in [3.05, 3.63) is 72.8 Å². The van der Waals surface area contributed by atoms with E-state index in [0.29, 0.717) is 5.56 Å². The van der Waals surface area contributed by atoms with E-state index in [4.69, 9.17) is 0 Å². The van der Waals surface area contributed by atoms with Crippen LogP contribution in [0.15, 0.2) is 45.0 Å². The molecule has 0 saturated carbocycles. The summed E-state index contributed by atoms with van der Waals surface area (Å²) < 4.78 is 14.7. The fraction of sp³-hybridized carbons (Fsp3) is 0.400. The average molecular weight is 438 g/mol. The number of carbonyl (C=O) groups is 1. The highest BCUT2D eigenvalue weighted by atomic mass is 19.1. The number of anilines is 3. The third-order valence-corrected chi connectivity index (χ3v) is 6.81. The number of benzene rings is 1. The molecule has 2 aromatic carbocycles. The van der Waals surface area contributed by atoms with Crippen molar-refractivity contribution < 1.29 is 9.18 Å². The monoisotopic (exact) mass is 437 g/mol. The molecule has 1 heterocycles. The lowest BCUT2D eigenvalue weighted by Gasteiger charge is -2.37. The lowest BCUT2D eigenvalue weighted by molar-refractivity contribution is 0.0959. The van der Waals surface area contributed by atoms with Crippen molar-refractivity contribution in [2.75, 3.05) is 10.6 Å². The van der Waals surface area contributed by atoms with E-state index in [1.165, 1.54) is 11.6 Å².